The van der Waals surface area contributed by atoms with Gasteiger partial charge in [-0.05, 0) is 44.6 Å². The maximum Gasteiger partial charge on any atom is 0.193 e. The van der Waals surface area contributed by atoms with Crippen LogP contribution in [0.2, 0.25) is 5.22 Å². The van der Waals surface area contributed by atoms with Crippen LogP contribution in [0.1, 0.15) is 19.6 Å². The summed E-state index contributed by atoms with van der Waals surface area (Å²) < 4.78 is 5.25. The minimum atomic E-state index is 0.0567. The molecule has 2 nitrogen and oxygen atoms in total. The Morgan fingerprint density at radius 2 is 2.17 bits per heavy atom. The van der Waals surface area contributed by atoms with E-state index < -0.39 is 0 Å². The van der Waals surface area contributed by atoms with Gasteiger partial charge in [0.1, 0.15) is 5.76 Å². The number of likely N-dealkylation sites (N-methyl/N-ethyl adjacent to an activating group) is 1. The second kappa shape index (κ2) is 3.50. The molecule has 1 N–H and O–H groups in total. The van der Waals surface area contributed by atoms with E-state index >= 15 is 0 Å². The van der Waals surface area contributed by atoms with Gasteiger partial charge < -0.3 is 9.73 Å². The van der Waals surface area contributed by atoms with Gasteiger partial charge in [-0.15, -0.1) is 0 Å². The van der Waals surface area contributed by atoms with Gasteiger partial charge in [0.25, 0.3) is 0 Å². The maximum absolute atomic E-state index is 5.65. The molecule has 0 aromatic carbocycles. The summed E-state index contributed by atoms with van der Waals surface area (Å²) in [6, 6.07) is 3.67. The van der Waals surface area contributed by atoms with E-state index in [1.165, 1.54) is 0 Å². The maximum atomic E-state index is 5.65. The fourth-order valence-corrected chi connectivity index (χ4v) is 1.13. The predicted octanol–water partition coefficient (Wildman–Crippen LogP) is 2.47. The highest BCUT2D eigenvalue weighted by Crippen LogP contribution is 2.18. The molecule has 0 bridgehead atoms. The monoisotopic (exact) mass is 187 g/mol. The molecule has 1 heterocycles. The third kappa shape index (κ3) is 2.54. The van der Waals surface area contributed by atoms with Gasteiger partial charge in [0.15, 0.2) is 5.22 Å². The molecule has 0 saturated heterocycles. The second-order valence-electron chi connectivity index (χ2n) is 3.52. The van der Waals surface area contributed by atoms with Crippen molar-refractivity contribution < 1.29 is 4.42 Å². The minimum absolute atomic E-state index is 0.0567. The summed E-state index contributed by atoms with van der Waals surface area (Å²) in [7, 11) is 1.94. The van der Waals surface area contributed by atoms with Crippen LogP contribution in [-0.2, 0) is 6.42 Å². The highest BCUT2D eigenvalue weighted by Gasteiger charge is 2.17. The third-order valence-corrected chi connectivity index (χ3v) is 2.12. The Bertz CT molecular complexity index is 255. The first-order valence-electron chi connectivity index (χ1n) is 3.97. The van der Waals surface area contributed by atoms with E-state index in [-0.39, 0.29) is 5.54 Å². The Hall–Kier alpha value is -0.470. The zero-order valence-corrected chi connectivity index (χ0v) is 8.40. The summed E-state index contributed by atoms with van der Waals surface area (Å²) >= 11 is 5.65. The number of furan rings is 1. The molecule has 0 aliphatic carbocycles. The Labute approximate surface area is 77.9 Å². The van der Waals surface area contributed by atoms with Crippen molar-refractivity contribution in [1.82, 2.24) is 5.32 Å². The van der Waals surface area contributed by atoms with Gasteiger partial charge in [-0.25, -0.2) is 0 Å². The van der Waals surface area contributed by atoms with E-state index in [1.807, 2.05) is 13.1 Å². The lowest BCUT2D eigenvalue weighted by Gasteiger charge is -2.22. The Kier molecular flexibility index (Phi) is 2.80. The van der Waals surface area contributed by atoms with E-state index in [0.29, 0.717) is 5.22 Å². The SMILES string of the molecule is CNC(C)(C)Cc1ccc(Cl)o1. The molecule has 3 heteroatoms. The van der Waals surface area contributed by atoms with E-state index in [0.717, 1.165) is 12.2 Å². The summed E-state index contributed by atoms with van der Waals surface area (Å²) in [5, 5.41) is 3.65. The van der Waals surface area contributed by atoms with Gasteiger partial charge in [-0.2, -0.15) is 0 Å². The van der Waals surface area contributed by atoms with Crippen LogP contribution in [0.3, 0.4) is 0 Å². The van der Waals surface area contributed by atoms with Gasteiger partial charge in [0.2, 0.25) is 0 Å². The van der Waals surface area contributed by atoms with Crippen molar-refractivity contribution in [2.75, 3.05) is 7.05 Å². The smallest absolute Gasteiger partial charge is 0.193 e. The lowest BCUT2D eigenvalue weighted by atomic mass is 10.00. The van der Waals surface area contributed by atoms with E-state index in [2.05, 4.69) is 19.2 Å². The van der Waals surface area contributed by atoms with Crippen LogP contribution in [0.5, 0.6) is 0 Å². The molecule has 0 spiro atoms. The third-order valence-electron chi connectivity index (χ3n) is 1.92. The van der Waals surface area contributed by atoms with Crippen LogP contribution in [0.25, 0.3) is 0 Å². The predicted molar refractivity (Wildman–Crippen MR) is 50.6 cm³/mol. The Morgan fingerprint density at radius 3 is 2.58 bits per heavy atom. The highest BCUT2D eigenvalue weighted by molar-refractivity contribution is 6.28. The largest absolute Gasteiger partial charge is 0.450 e. The van der Waals surface area contributed by atoms with Gasteiger partial charge in [0.05, 0.1) is 0 Å². The van der Waals surface area contributed by atoms with Crippen molar-refractivity contribution in [1.29, 1.82) is 0 Å². The molecular weight excluding hydrogens is 174 g/mol. The van der Waals surface area contributed by atoms with Crippen LogP contribution in [0, 0.1) is 0 Å². The Balaban J connectivity index is 2.63. The number of hydrogen-bond donors (Lipinski definition) is 1. The molecule has 1 aromatic rings. The number of halogens is 1. The molecule has 0 aliphatic rings. The van der Waals surface area contributed by atoms with Crippen molar-refractivity contribution in [3.8, 4) is 0 Å². The summed E-state index contributed by atoms with van der Waals surface area (Å²) in [6.07, 6.45) is 0.843. The molecule has 68 valence electrons. The number of nitrogens with one attached hydrogen (secondary N) is 1. The molecule has 1 rings (SSSR count). The topological polar surface area (TPSA) is 25.2 Å². The van der Waals surface area contributed by atoms with Crippen molar-refractivity contribution in [3.05, 3.63) is 23.1 Å². The van der Waals surface area contributed by atoms with Crippen LogP contribution in [0.15, 0.2) is 16.5 Å². The van der Waals surface area contributed by atoms with Crippen LogP contribution in [0.4, 0.5) is 0 Å². The summed E-state index contributed by atoms with van der Waals surface area (Å²) in [4.78, 5) is 0. The van der Waals surface area contributed by atoms with Gasteiger partial charge in [0, 0.05) is 12.0 Å². The molecule has 0 amide bonds. The second-order valence-corrected chi connectivity index (χ2v) is 3.89. The molecule has 1 aromatic heterocycles. The van der Waals surface area contributed by atoms with Crippen molar-refractivity contribution >= 4 is 11.6 Å². The van der Waals surface area contributed by atoms with Gasteiger partial charge in [-0.3, -0.25) is 0 Å². The van der Waals surface area contributed by atoms with Gasteiger partial charge in [-0.1, -0.05) is 0 Å². The van der Waals surface area contributed by atoms with Crippen molar-refractivity contribution in [2.45, 2.75) is 25.8 Å². The molecule has 0 atom stereocenters. The highest BCUT2D eigenvalue weighted by atomic mass is 35.5. The summed E-state index contributed by atoms with van der Waals surface area (Å²) in [5.41, 5.74) is 0.0567. The first kappa shape index (κ1) is 9.62. The van der Waals surface area contributed by atoms with E-state index in [1.54, 1.807) is 6.07 Å². The molecule has 0 aliphatic heterocycles. The van der Waals surface area contributed by atoms with Gasteiger partial charge >= 0.3 is 0 Å². The average Bonchev–Trinajstić information content (AvgIpc) is 2.35. The zero-order chi connectivity index (χ0) is 9.19. The van der Waals surface area contributed by atoms with E-state index in [4.69, 9.17) is 16.0 Å². The molecule has 0 fully saturated rings. The molecule has 0 saturated carbocycles. The lowest BCUT2D eigenvalue weighted by molar-refractivity contribution is 0.377. The standard InChI is InChI=1S/C9H14ClNO/c1-9(2,11-3)6-7-4-5-8(10)12-7/h4-5,11H,6H2,1-3H3. The quantitative estimate of drug-likeness (QED) is 0.787. The van der Waals surface area contributed by atoms with Crippen LogP contribution >= 0.6 is 11.6 Å². The Morgan fingerprint density at radius 1 is 1.50 bits per heavy atom. The molecule has 12 heavy (non-hydrogen) atoms. The van der Waals surface area contributed by atoms with E-state index in [9.17, 15) is 0 Å². The number of rotatable bonds is 3. The normalized spacial score (nSPS) is 12.0. The number of hydrogen-bond acceptors (Lipinski definition) is 2. The van der Waals surface area contributed by atoms with Crippen molar-refractivity contribution in [2.24, 2.45) is 0 Å². The lowest BCUT2D eigenvalue weighted by Crippen LogP contribution is -2.38. The van der Waals surface area contributed by atoms with Crippen molar-refractivity contribution in [3.63, 3.8) is 0 Å². The average molecular weight is 188 g/mol. The summed E-state index contributed by atoms with van der Waals surface area (Å²) in [6.45, 7) is 4.23. The fourth-order valence-electron chi connectivity index (χ4n) is 0.971. The van der Waals surface area contributed by atoms with Crippen LogP contribution < -0.4 is 5.32 Å². The molecule has 0 unspecified atom stereocenters. The zero-order valence-electron chi connectivity index (χ0n) is 7.65. The molecule has 0 radical (unpaired) electrons. The first-order chi connectivity index (χ1) is 5.53. The minimum Gasteiger partial charge on any atom is -0.450 e. The molecular formula is C9H14ClNO. The summed E-state index contributed by atoms with van der Waals surface area (Å²) in [5.74, 6) is 0.916. The fraction of sp³-hybridized carbons (Fsp3) is 0.556. The first-order valence-corrected chi connectivity index (χ1v) is 4.34. The van der Waals surface area contributed by atoms with Crippen LogP contribution in [-0.4, -0.2) is 12.6 Å².